The maximum absolute atomic E-state index is 14.3. The normalized spacial score (nSPS) is 15.4. The van der Waals surface area contributed by atoms with E-state index in [0.29, 0.717) is 21.9 Å². The van der Waals surface area contributed by atoms with Crippen LogP contribution < -0.4 is 4.90 Å². The number of benzene rings is 2. The Bertz CT molecular complexity index is 1520. The van der Waals surface area contributed by atoms with Gasteiger partial charge in [-0.05, 0) is 36.6 Å². The van der Waals surface area contributed by atoms with Crippen LogP contribution in [0.25, 0.3) is 10.2 Å². The van der Waals surface area contributed by atoms with E-state index in [4.69, 9.17) is 11.6 Å². The summed E-state index contributed by atoms with van der Waals surface area (Å²) in [5.74, 6) is -2.17. The van der Waals surface area contributed by atoms with E-state index in [1.807, 2.05) is 30.3 Å². The first-order chi connectivity index (χ1) is 17.2. The summed E-state index contributed by atoms with van der Waals surface area (Å²) in [6.07, 6.45) is 0.659. The zero-order valence-corrected chi connectivity index (χ0v) is 21.9. The van der Waals surface area contributed by atoms with E-state index in [-0.39, 0.29) is 40.4 Å². The number of nitrogens with zero attached hydrogens (tertiary/aromatic N) is 3. The van der Waals surface area contributed by atoms with Crippen LogP contribution in [0.3, 0.4) is 0 Å². The lowest BCUT2D eigenvalue weighted by Crippen LogP contribution is -2.44. The third-order valence-corrected chi connectivity index (χ3v) is 10.7. The summed E-state index contributed by atoms with van der Waals surface area (Å²) in [6, 6.07) is 14.3. The number of carbonyl (C=O) groups excluding carboxylic acids is 1. The van der Waals surface area contributed by atoms with Crippen molar-refractivity contribution in [3.8, 4) is 0 Å². The Kier molecular flexibility index (Phi) is 7.10. The molecule has 0 N–H and O–H groups in total. The number of thiophene rings is 1. The van der Waals surface area contributed by atoms with Gasteiger partial charge in [-0.25, -0.2) is 22.2 Å². The molecular weight excluding hydrogens is 548 g/mol. The van der Waals surface area contributed by atoms with E-state index in [2.05, 4.69) is 4.98 Å². The third-order valence-electron chi connectivity index (χ3n) is 6.03. The molecule has 0 atom stereocenters. The number of aromatic nitrogens is 1. The minimum atomic E-state index is -3.68. The highest BCUT2D eigenvalue weighted by Crippen LogP contribution is 2.35. The molecule has 2 aromatic heterocycles. The summed E-state index contributed by atoms with van der Waals surface area (Å²) in [5.41, 5.74) is 0.865. The van der Waals surface area contributed by atoms with Crippen molar-refractivity contribution in [2.24, 2.45) is 5.92 Å². The second-order valence-corrected chi connectivity index (χ2v) is 13.3. The van der Waals surface area contributed by atoms with Crippen molar-refractivity contribution in [3.05, 3.63) is 76.1 Å². The molecule has 188 valence electrons. The highest BCUT2D eigenvalue weighted by Gasteiger charge is 2.35. The van der Waals surface area contributed by atoms with Gasteiger partial charge in [0.1, 0.15) is 15.5 Å². The summed E-state index contributed by atoms with van der Waals surface area (Å²) in [7, 11) is -3.68. The van der Waals surface area contributed by atoms with Gasteiger partial charge in [0.2, 0.25) is 5.91 Å². The second-order valence-electron chi connectivity index (χ2n) is 8.38. The molecular formula is C24H20ClF2N3O3S3. The summed E-state index contributed by atoms with van der Waals surface area (Å²) >= 11 is 7.96. The van der Waals surface area contributed by atoms with Gasteiger partial charge in [-0.3, -0.25) is 9.69 Å². The molecule has 1 saturated heterocycles. The minimum absolute atomic E-state index is 0.0118. The van der Waals surface area contributed by atoms with E-state index in [1.54, 1.807) is 6.07 Å². The number of fused-ring (bicyclic) bond motifs is 1. The first-order valence-corrected chi connectivity index (χ1v) is 14.5. The molecule has 6 nitrogen and oxygen atoms in total. The van der Waals surface area contributed by atoms with Crippen molar-refractivity contribution in [1.29, 1.82) is 0 Å². The predicted octanol–water partition coefficient (Wildman–Crippen LogP) is 5.92. The molecule has 36 heavy (non-hydrogen) atoms. The fraction of sp³-hybridized carbons (Fsp3) is 0.250. The van der Waals surface area contributed by atoms with Crippen LogP contribution in [0.4, 0.5) is 13.9 Å². The smallest absolute Gasteiger partial charge is 0.252 e. The van der Waals surface area contributed by atoms with Gasteiger partial charge >= 0.3 is 0 Å². The van der Waals surface area contributed by atoms with Gasteiger partial charge in [0.25, 0.3) is 10.0 Å². The van der Waals surface area contributed by atoms with Crippen LogP contribution in [0, 0.1) is 17.6 Å². The SMILES string of the molecule is O=C(C1CCN(S(=O)(=O)c2ccc(Cl)s2)CC1)N(Cc1ccccc1)c1nc2c(F)cc(F)cc2s1. The Morgan fingerprint density at radius 2 is 1.81 bits per heavy atom. The van der Waals surface area contributed by atoms with Gasteiger partial charge in [0.15, 0.2) is 10.9 Å². The molecule has 0 radical (unpaired) electrons. The average Bonchev–Trinajstić information content (AvgIpc) is 3.50. The quantitative estimate of drug-likeness (QED) is 0.290. The molecule has 0 unspecified atom stereocenters. The van der Waals surface area contributed by atoms with Crippen LogP contribution >= 0.6 is 34.3 Å². The Morgan fingerprint density at radius 3 is 2.47 bits per heavy atom. The Hall–Kier alpha value is -2.44. The van der Waals surface area contributed by atoms with Crippen molar-refractivity contribution >= 4 is 65.6 Å². The molecule has 12 heteroatoms. The molecule has 1 fully saturated rings. The van der Waals surface area contributed by atoms with Gasteiger partial charge in [-0.2, -0.15) is 4.31 Å². The Morgan fingerprint density at radius 1 is 1.08 bits per heavy atom. The van der Waals surface area contributed by atoms with Crippen molar-refractivity contribution < 1.29 is 22.0 Å². The highest BCUT2D eigenvalue weighted by atomic mass is 35.5. The number of carbonyl (C=O) groups is 1. The van der Waals surface area contributed by atoms with Gasteiger partial charge in [-0.1, -0.05) is 53.3 Å². The lowest BCUT2D eigenvalue weighted by Gasteiger charge is -2.32. The average molecular weight is 568 g/mol. The van der Waals surface area contributed by atoms with Gasteiger partial charge in [0, 0.05) is 25.1 Å². The van der Waals surface area contributed by atoms with E-state index < -0.39 is 27.6 Å². The van der Waals surface area contributed by atoms with E-state index >= 15 is 0 Å². The van der Waals surface area contributed by atoms with Crippen LogP contribution in [-0.2, 0) is 21.4 Å². The fourth-order valence-electron chi connectivity index (χ4n) is 4.19. The summed E-state index contributed by atoms with van der Waals surface area (Å²) in [4.78, 5) is 19.5. The van der Waals surface area contributed by atoms with Crippen LogP contribution in [0.2, 0.25) is 4.34 Å². The molecule has 2 aromatic carbocycles. The number of hydrogen-bond acceptors (Lipinski definition) is 6. The summed E-state index contributed by atoms with van der Waals surface area (Å²) in [6.45, 7) is 0.579. The number of sulfonamides is 1. The first-order valence-electron chi connectivity index (χ1n) is 11.1. The zero-order chi connectivity index (χ0) is 25.4. The van der Waals surface area contributed by atoms with Gasteiger partial charge < -0.3 is 0 Å². The lowest BCUT2D eigenvalue weighted by molar-refractivity contribution is -0.123. The lowest BCUT2D eigenvalue weighted by atomic mass is 9.96. The maximum Gasteiger partial charge on any atom is 0.252 e. The number of halogens is 3. The van der Waals surface area contributed by atoms with Crippen molar-refractivity contribution in [3.63, 3.8) is 0 Å². The van der Waals surface area contributed by atoms with Gasteiger partial charge in [-0.15, -0.1) is 11.3 Å². The molecule has 0 aliphatic carbocycles. The molecule has 5 rings (SSSR count). The number of anilines is 1. The van der Waals surface area contributed by atoms with Crippen molar-refractivity contribution in [2.75, 3.05) is 18.0 Å². The number of thiazole rings is 1. The third kappa shape index (κ3) is 5.03. The Labute approximate surface area is 219 Å². The largest absolute Gasteiger partial charge is 0.283 e. The molecule has 3 heterocycles. The standard InChI is InChI=1S/C24H20ClF2N3O3S3/c25-20-6-7-21(35-20)36(32,33)29-10-8-16(9-11-29)23(31)30(14-15-4-2-1-3-5-15)24-28-22-18(27)12-17(26)13-19(22)34-24/h1-7,12-13,16H,8-11,14H2. The molecule has 0 bridgehead atoms. The number of amides is 1. The van der Waals surface area contributed by atoms with Crippen LogP contribution in [0.15, 0.2) is 58.8 Å². The fourth-order valence-corrected chi connectivity index (χ4v) is 8.31. The highest BCUT2D eigenvalue weighted by molar-refractivity contribution is 7.91. The first kappa shape index (κ1) is 25.2. The van der Waals surface area contributed by atoms with Crippen LogP contribution in [0.1, 0.15) is 18.4 Å². The molecule has 1 aliphatic heterocycles. The minimum Gasteiger partial charge on any atom is -0.283 e. The maximum atomic E-state index is 14.3. The van der Waals surface area contributed by atoms with Crippen molar-refractivity contribution in [2.45, 2.75) is 23.6 Å². The summed E-state index contributed by atoms with van der Waals surface area (Å²) in [5, 5.41) is 0.270. The number of rotatable bonds is 6. The molecule has 1 aliphatic rings. The van der Waals surface area contributed by atoms with Gasteiger partial charge in [0.05, 0.1) is 15.6 Å². The van der Waals surface area contributed by atoms with Crippen LogP contribution in [-0.4, -0.2) is 36.7 Å². The van der Waals surface area contributed by atoms with E-state index in [0.717, 1.165) is 34.3 Å². The molecule has 4 aromatic rings. The second kappa shape index (κ2) is 10.1. The number of piperidine rings is 1. The Balaban J connectivity index is 1.39. The molecule has 0 spiro atoms. The van der Waals surface area contributed by atoms with Crippen LogP contribution in [0.5, 0.6) is 0 Å². The monoisotopic (exact) mass is 567 g/mol. The predicted molar refractivity (Wildman–Crippen MR) is 138 cm³/mol. The van der Waals surface area contributed by atoms with E-state index in [9.17, 15) is 22.0 Å². The molecule has 1 amide bonds. The number of hydrogen-bond donors (Lipinski definition) is 0. The summed E-state index contributed by atoms with van der Waals surface area (Å²) < 4.78 is 56.2. The zero-order valence-electron chi connectivity index (χ0n) is 18.7. The molecule has 0 saturated carbocycles. The van der Waals surface area contributed by atoms with Crippen molar-refractivity contribution in [1.82, 2.24) is 9.29 Å². The topological polar surface area (TPSA) is 70.6 Å². The van der Waals surface area contributed by atoms with E-state index in [1.165, 1.54) is 21.3 Å².